The zero-order valence-corrected chi connectivity index (χ0v) is 16.2. The van der Waals surface area contributed by atoms with E-state index in [9.17, 15) is 9.59 Å². The largest absolute Gasteiger partial charge is 0.497 e. The van der Waals surface area contributed by atoms with Crippen molar-refractivity contribution in [2.45, 2.75) is 19.3 Å². The fourth-order valence-electron chi connectivity index (χ4n) is 3.13. The average Bonchev–Trinajstić information content (AvgIpc) is 3.24. The molecule has 2 N–H and O–H groups in total. The van der Waals surface area contributed by atoms with Gasteiger partial charge in [0.25, 0.3) is 0 Å². The van der Waals surface area contributed by atoms with Crippen LogP contribution in [0.1, 0.15) is 18.4 Å². The first-order valence-electron chi connectivity index (χ1n) is 9.25. The van der Waals surface area contributed by atoms with Gasteiger partial charge in [0.1, 0.15) is 11.5 Å². The Morgan fingerprint density at radius 2 is 1.46 bits per heavy atom. The van der Waals surface area contributed by atoms with Gasteiger partial charge in [-0.05, 0) is 30.5 Å². The monoisotopic (exact) mass is 383 g/mol. The number of hydrogen-bond donors (Lipinski definition) is 2. The molecule has 2 aromatic rings. The number of nitrogens with zero attached hydrogens (tertiary/aromatic N) is 1. The minimum atomic E-state index is -0.379. The molecule has 1 aliphatic heterocycles. The number of methoxy groups -OCH3 is 2. The lowest BCUT2D eigenvalue weighted by molar-refractivity contribution is -0.129. The fourth-order valence-corrected chi connectivity index (χ4v) is 3.13. The van der Waals surface area contributed by atoms with Crippen LogP contribution in [0.25, 0.3) is 0 Å². The predicted octanol–water partition coefficient (Wildman–Crippen LogP) is 3.51. The standard InChI is InChI=1S/C21H25N3O4/c1-27-18-12-17(13-19(14-18)28-2)23-21(26)22-16-7-5-15(6-8-16)11-20(25)24-9-3-4-10-24/h5-8,12-14H,3-4,9-11H2,1-2H3,(H2,22,23,26). The van der Waals surface area contributed by atoms with E-state index in [1.165, 1.54) is 0 Å². The summed E-state index contributed by atoms with van der Waals surface area (Å²) in [5, 5.41) is 5.53. The van der Waals surface area contributed by atoms with Crippen molar-refractivity contribution in [3.05, 3.63) is 48.0 Å². The van der Waals surface area contributed by atoms with Crippen LogP contribution >= 0.6 is 0 Å². The lowest BCUT2D eigenvalue weighted by atomic mass is 10.1. The molecule has 0 spiro atoms. The summed E-state index contributed by atoms with van der Waals surface area (Å²) >= 11 is 0. The van der Waals surface area contributed by atoms with E-state index in [-0.39, 0.29) is 11.9 Å². The molecule has 2 aromatic carbocycles. The van der Waals surface area contributed by atoms with Gasteiger partial charge in [-0.25, -0.2) is 4.79 Å². The van der Waals surface area contributed by atoms with E-state index in [0.717, 1.165) is 31.5 Å². The van der Waals surface area contributed by atoms with Gasteiger partial charge in [0, 0.05) is 42.7 Å². The molecule has 0 aromatic heterocycles. The number of likely N-dealkylation sites (tertiary alicyclic amines) is 1. The van der Waals surface area contributed by atoms with Crippen molar-refractivity contribution in [1.29, 1.82) is 0 Å². The van der Waals surface area contributed by atoms with Crippen molar-refractivity contribution in [2.24, 2.45) is 0 Å². The van der Waals surface area contributed by atoms with Crippen LogP contribution in [0.4, 0.5) is 16.2 Å². The number of nitrogens with one attached hydrogen (secondary N) is 2. The van der Waals surface area contributed by atoms with E-state index in [4.69, 9.17) is 9.47 Å². The molecule has 1 saturated heterocycles. The lowest BCUT2D eigenvalue weighted by Gasteiger charge is -2.15. The number of carbonyl (C=O) groups is 2. The number of anilines is 2. The third-order valence-electron chi connectivity index (χ3n) is 4.64. The van der Waals surface area contributed by atoms with Crippen LogP contribution in [0.3, 0.4) is 0 Å². The van der Waals surface area contributed by atoms with Crippen LogP contribution in [0.2, 0.25) is 0 Å². The molecule has 28 heavy (non-hydrogen) atoms. The van der Waals surface area contributed by atoms with Crippen molar-refractivity contribution >= 4 is 23.3 Å². The molecule has 1 heterocycles. The number of benzene rings is 2. The summed E-state index contributed by atoms with van der Waals surface area (Å²) in [5.41, 5.74) is 2.13. The highest BCUT2D eigenvalue weighted by Gasteiger charge is 2.17. The molecule has 7 nitrogen and oxygen atoms in total. The number of carbonyl (C=O) groups excluding carboxylic acids is 2. The molecule has 0 aliphatic carbocycles. The van der Waals surface area contributed by atoms with Crippen molar-refractivity contribution in [3.8, 4) is 11.5 Å². The molecule has 0 saturated carbocycles. The molecule has 0 radical (unpaired) electrons. The Morgan fingerprint density at radius 1 is 0.893 bits per heavy atom. The highest BCUT2D eigenvalue weighted by molar-refractivity contribution is 6.00. The maximum atomic E-state index is 12.3. The number of rotatable bonds is 6. The predicted molar refractivity (Wildman–Crippen MR) is 108 cm³/mol. The first-order valence-corrected chi connectivity index (χ1v) is 9.25. The minimum Gasteiger partial charge on any atom is -0.497 e. The molecule has 1 aliphatic rings. The van der Waals surface area contributed by atoms with Crippen LogP contribution < -0.4 is 20.1 Å². The average molecular weight is 383 g/mol. The topological polar surface area (TPSA) is 79.9 Å². The van der Waals surface area contributed by atoms with E-state index in [0.29, 0.717) is 29.3 Å². The van der Waals surface area contributed by atoms with Gasteiger partial charge in [-0.2, -0.15) is 0 Å². The van der Waals surface area contributed by atoms with Gasteiger partial charge < -0.3 is 25.0 Å². The van der Waals surface area contributed by atoms with Gasteiger partial charge in [-0.15, -0.1) is 0 Å². The molecule has 7 heteroatoms. The van der Waals surface area contributed by atoms with Gasteiger partial charge >= 0.3 is 6.03 Å². The highest BCUT2D eigenvalue weighted by Crippen LogP contribution is 2.26. The summed E-state index contributed by atoms with van der Waals surface area (Å²) in [7, 11) is 3.10. The second-order valence-electron chi connectivity index (χ2n) is 6.64. The van der Waals surface area contributed by atoms with Crippen molar-refractivity contribution in [2.75, 3.05) is 37.9 Å². The zero-order chi connectivity index (χ0) is 19.9. The quantitative estimate of drug-likeness (QED) is 0.800. The van der Waals surface area contributed by atoms with Gasteiger partial charge in [-0.1, -0.05) is 12.1 Å². The maximum Gasteiger partial charge on any atom is 0.323 e. The van der Waals surface area contributed by atoms with E-state index in [1.807, 2.05) is 17.0 Å². The van der Waals surface area contributed by atoms with Crippen molar-refractivity contribution in [3.63, 3.8) is 0 Å². The van der Waals surface area contributed by atoms with E-state index < -0.39 is 0 Å². The van der Waals surface area contributed by atoms with Crippen molar-refractivity contribution in [1.82, 2.24) is 4.90 Å². The normalized spacial score (nSPS) is 13.1. The molecule has 0 atom stereocenters. The van der Waals surface area contributed by atoms with Gasteiger partial charge in [0.2, 0.25) is 5.91 Å². The summed E-state index contributed by atoms with van der Waals surface area (Å²) in [5.74, 6) is 1.33. The van der Waals surface area contributed by atoms with Gasteiger partial charge in [0.15, 0.2) is 0 Å². The Morgan fingerprint density at radius 3 is 2.04 bits per heavy atom. The van der Waals surface area contributed by atoms with E-state index in [2.05, 4.69) is 10.6 Å². The molecule has 0 bridgehead atoms. The highest BCUT2D eigenvalue weighted by atomic mass is 16.5. The molecular weight excluding hydrogens is 358 g/mol. The third-order valence-corrected chi connectivity index (χ3v) is 4.64. The Balaban J connectivity index is 1.56. The SMILES string of the molecule is COc1cc(NC(=O)Nc2ccc(CC(=O)N3CCCC3)cc2)cc(OC)c1. The third kappa shape index (κ3) is 5.16. The minimum absolute atomic E-state index is 0.155. The number of urea groups is 1. The lowest BCUT2D eigenvalue weighted by Crippen LogP contribution is -2.29. The molecule has 0 unspecified atom stereocenters. The van der Waals surface area contributed by atoms with Gasteiger partial charge in [-0.3, -0.25) is 4.79 Å². The second-order valence-corrected chi connectivity index (χ2v) is 6.64. The van der Waals surface area contributed by atoms with Crippen LogP contribution in [0.15, 0.2) is 42.5 Å². The molecule has 1 fully saturated rings. The summed E-state index contributed by atoms with van der Waals surface area (Å²) in [6, 6.07) is 12.1. The first-order chi connectivity index (χ1) is 13.6. The molecule has 3 amide bonds. The van der Waals surface area contributed by atoms with Crippen LogP contribution in [-0.2, 0) is 11.2 Å². The van der Waals surface area contributed by atoms with Crippen LogP contribution in [0.5, 0.6) is 11.5 Å². The Kier molecular flexibility index (Phi) is 6.37. The van der Waals surface area contributed by atoms with E-state index in [1.54, 1.807) is 44.6 Å². The number of ether oxygens (including phenoxy) is 2. The smallest absolute Gasteiger partial charge is 0.323 e. The first kappa shape index (κ1) is 19.5. The Bertz CT molecular complexity index is 808. The van der Waals surface area contributed by atoms with Crippen molar-refractivity contribution < 1.29 is 19.1 Å². The second kappa shape index (κ2) is 9.12. The maximum absolute atomic E-state index is 12.3. The van der Waals surface area contributed by atoms with Crippen LogP contribution in [-0.4, -0.2) is 44.1 Å². The molecule has 3 rings (SSSR count). The van der Waals surface area contributed by atoms with E-state index >= 15 is 0 Å². The number of amides is 3. The summed E-state index contributed by atoms with van der Waals surface area (Å²) < 4.78 is 10.4. The Labute approximate surface area is 164 Å². The summed E-state index contributed by atoms with van der Waals surface area (Å²) in [6.07, 6.45) is 2.56. The Hall–Kier alpha value is -3.22. The molecule has 148 valence electrons. The number of hydrogen-bond acceptors (Lipinski definition) is 4. The zero-order valence-electron chi connectivity index (χ0n) is 16.2. The van der Waals surface area contributed by atoms with Crippen LogP contribution in [0, 0.1) is 0 Å². The summed E-state index contributed by atoms with van der Waals surface area (Å²) in [4.78, 5) is 26.4. The van der Waals surface area contributed by atoms with Gasteiger partial charge in [0.05, 0.1) is 20.6 Å². The molecular formula is C21H25N3O4. The fraction of sp³-hybridized carbons (Fsp3) is 0.333. The summed E-state index contributed by atoms with van der Waals surface area (Å²) in [6.45, 7) is 1.71.